The van der Waals surface area contributed by atoms with Gasteiger partial charge in [-0.05, 0) is 37.1 Å². The predicted molar refractivity (Wildman–Crippen MR) is 77.0 cm³/mol. The van der Waals surface area contributed by atoms with Gasteiger partial charge >= 0.3 is 0 Å². The number of aryl methyl sites for hydroxylation is 2. The Kier molecular flexibility index (Phi) is 3.93. The number of aliphatic hydroxyl groups is 1. The normalized spacial score (nSPS) is 11.5. The van der Waals surface area contributed by atoms with E-state index in [1.165, 1.54) is 0 Å². The number of sulfonamides is 1. The number of hydrogen-bond donors (Lipinski definition) is 2. The summed E-state index contributed by atoms with van der Waals surface area (Å²) in [6, 6.07) is 8.78. The molecule has 2 rings (SSSR count). The van der Waals surface area contributed by atoms with E-state index in [-0.39, 0.29) is 10.8 Å². The van der Waals surface area contributed by atoms with Crippen molar-refractivity contribution in [1.29, 1.82) is 0 Å². The van der Waals surface area contributed by atoms with Crippen LogP contribution in [0.1, 0.15) is 16.0 Å². The molecule has 0 amide bonds. The Morgan fingerprint density at radius 3 is 2.47 bits per heavy atom. The highest BCUT2D eigenvalue weighted by Crippen LogP contribution is 2.28. The molecule has 0 fully saturated rings. The predicted octanol–water partition coefficient (Wildman–Crippen LogP) is 2.66. The van der Waals surface area contributed by atoms with Gasteiger partial charge in [-0.3, -0.25) is 4.72 Å². The highest BCUT2D eigenvalue weighted by Gasteiger charge is 2.19. The van der Waals surface area contributed by atoms with Gasteiger partial charge in [0.15, 0.2) is 0 Å². The van der Waals surface area contributed by atoms with Crippen LogP contribution in [0.25, 0.3) is 0 Å². The number of benzene rings is 1. The first-order valence-corrected chi connectivity index (χ1v) is 8.02. The standard InChI is InChI=1S/C13H15NO3S2/c1-9-5-3-4-6-11(9)14-19(16,17)13-7-10(2)12(8-15)18-13/h3-7,14-15H,8H2,1-2H3. The van der Waals surface area contributed by atoms with Gasteiger partial charge in [0.2, 0.25) is 0 Å². The fourth-order valence-corrected chi connectivity index (χ4v) is 4.24. The Balaban J connectivity index is 2.35. The molecule has 1 heterocycles. The second kappa shape index (κ2) is 5.32. The molecule has 0 radical (unpaired) electrons. The van der Waals surface area contributed by atoms with Crippen LogP contribution >= 0.6 is 11.3 Å². The summed E-state index contributed by atoms with van der Waals surface area (Å²) in [6.07, 6.45) is 0. The van der Waals surface area contributed by atoms with E-state index in [0.29, 0.717) is 10.6 Å². The number of anilines is 1. The van der Waals surface area contributed by atoms with Crippen LogP contribution in [0.2, 0.25) is 0 Å². The molecule has 0 atom stereocenters. The van der Waals surface area contributed by atoms with Crippen molar-refractivity contribution in [1.82, 2.24) is 0 Å². The fraction of sp³-hybridized carbons (Fsp3) is 0.231. The third kappa shape index (κ3) is 2.97. The summed E-state index contributed by atoms with van der Waals surface area (Å²) in [5.74, 6) is 0. The quantitative estimate of drug-likeness (QED) is 0.911. The summed E-state index contributed by atoms with van der Waals surface area (Å²) in [4.78, 5) is 0.671. The Bertz CT molecular complexity index is 690. The average Bonchev–Trinajstić information content (AvgIpc) is 2.74. The minimum absolute atomic E-state index is 0.142. The van der Waals surface area contributed by atoms with Gasteiger partial charge in [0.1, 0.15) is 4.21 Å². The molecule has 6 heteroatoms. The molecule has 0 unspecified atom stereocenters. The average molecular weight is 297 g/mol. The molecule has 0 saturated carbocycles. The lowest BCUT2D eigenvalue weighted by Gasteiger charge is -2.08. The number of hydrogen-bond acceptors (Lipinski definition) is 4. The third-order valence-electron chi connectivity index (χ3n) is 2.80. The van der Waals surface area contributed by atoms with Crippen molar-refractivity contribution in [3.63, 3.8) is 0 Å². The van der Waals surface area contributed by atoms with Gasteiger partial charge < -0.3 is 5.11 Å². The number of rotatable bonds is 4. The van der Waals surface area contributed by atoms with Crippen LogP contribution in [0, 0.1) is 13.8 Å². The summed E-state index contributed by atoms with van der Waals surface area (Å²) in [5, 5.41) is 9.13. The molecule has 2 N–H and O–H groups in total. The van der Waals surface area contributed by atoms with Crippen LogP contribution < -0.4 is 4.72 Å². The largest absolute Gasteiger partial charge is 0.391 e. The lowest BCUT2D eigenvalue weighted by atomic mass is 10.2. The molecule has 0 aliphatic heterocycles. The van der Waals surface area contributed by atoms with Gasteiger partial charge in [-0.2, -0.15) is 0 Å². The Morgan fingerprint density at radius 1 is 1.21 bits per heavy atom. The molecule has 0 saturated heterocycles. The van der Waals surface area contributed by atoms with E-state index in [0.717, 1.165) is 22.5 Å². The fourth-order valence-electron chi connectivity index (χ4n) is 1.66. The summed E-state index contributed by atoms with van der Waals surface area (Å²) in [7, 11) is -3.59. The minimum Gasteiger partial charge on any atom is -0.391 e. The lowest BCUT2D eigenvalue weighted by Crippen LogP contribution is -2.12. The summed E-state index contributed by atoms with van der Waals surface area (Å²) in [6.45, 7) is 3.49. The molecule has 1 aromatic carbocycles. The molecule has 102 valence electrons. The molecule has 19 heavy (non-hydrogen) atoms. The molecule has 4 nitrogen and oxygen atoms in total. The Labute approximate surface area is 116 Å². The van der Waals surface area contributed by atoms with Gasteiger partial charge in [-0.25, -0.2) is 8.42 Å². The first-order valence-electron chi connectivity index (χ1n) is 5.72. The maximum Gasteiger partial charge on any atom is 0.271 e. The molecule has 1 aromatic heterocycles. The highest BCUT2D eigenvalue weighted by molar-refractivity contribution is 7.94. The smallest absolute Gasteiger partial charge is 0.271 e. The van der Waals surface area contributed by atoms with Gasteiger partial charge in [-0.1, -0.05) is 18.2 Å². The number of aliphatic hydroxyl groups excluding tert-OH is 1. The second-order valence-corrected chi connectivity index (χ2v) is 7.30. The van der Waals surface area contributed by atoms with E-state index in [4.69, 9.17) is 5.11 Å². The highest BCUT2D eigenvalue weighted by atomic mass is 32.2. The Hall–Kier alpha value is -1.37. The summed E-state index contributed by atoms with van der Waals surface area (Å²) < 4.78 is 27.3. The van der Waals surface area contributed by atoms with Crippen molar-refractivity contribution in [3.8, 4) is 0 Å². The first-order chi connectivity index (χ1) is 8.94. The van der Waals surface area contributed by atoms with Gasteiger partial charge in [0.05, 0.1) is 12.3 Å². The van der Waals surface area contributed by atoms with E-state index >= 15 is 0 Å². The maximum atomic E-state index is 12.3. The zero-order chi connectivity index (χ0) is 14.0. The van der Waals surface area contributed by atoms with Crippen LogP contribution in [-0.2, 0) is 16.6 Å². The van der Waals surface area contributed by atoms with Gasteiger partial charge in [0, 0.05) is 4.88 Å². The van der Waals surface area contributed by atoms with Crippen LogP contribution in [0.4, 0.5) is 5.69 Å². The third-order valence-corrected chi connectivity index (χ3v) is 5.86. The summed E-state index contributed by atoms with van der Waals surface area (Å²) >= 11 is 1.09. The maximum absolute atomic E-state index is 12.3. The molecule has 0 bridgehead atoms. The van der Waals surface area contributed by atoms with Crippen molar-refractivity contribution >= 4 is 27.0 Å². The van der Waals surface area contributed by atoms with Gasteiger partial charge in [0.25, 0.3) is 10.0 Å². The number of para-hydroxylation sites is 1. The zero-order valence-corrected chi connectivity index (χ0v) is 12.3. The monoisotopic (exact) mass is 297 g/mol. The van der Waals surface area contributed by atoms with Crippen LogP contribution in [0.3, 0.4) is 0 Å². The van der Waals surface area contributed by atoms with E-state index in [1.54, 1.807) is 25.1 Å². The molecule has 0 spiro atoms. The summed E-state index contributed by atoms with van der Waals surface area (Å²) in [5.41, 5.74) is 2.22. The second-order valence-electron chi connectivity index (χ2n) is 4.25. The SMILES string of the molecule is Cc1ccccc1NS(=O)(=O)c1cc(C)c(CO)s1. The van der Waals surface area contributed by atoms with E-state index in [2.05, 4.69) is 4.72 Å². The van der Waals surface area contributed by atoms with Crippen molar-refractivity contribution in [2.75, 3.05) is 4.72 Å². The molecule has 2 aromatic rings. The molecular weight excluding hydrogens is 282 g/mol. The topological polar surface area (TPSA) is 66.4 Å². The minimum atomic E-state index is -3.59. The van der Waals surface area contributed by atoms with E-state index < -0.39 is 10.0 Å². The van der Waals surface area contributed by atoms with Crippen LogP contribution in [0.5, 0.6) is 0 Å². The van der Waals surface area contributed by atoms with Crippen molar-refractivity contribution in [3.05, 3.63) is 46.3 Å². The number of nitrogens with one attached hydrogen (secondary N) is 1. The van der Waals surface area contributed by atoms with Crippen molar-refractivity contribution in [2.24, 2.45) is 0 Å². The van der Waals surface area contributed by atoms with Crippen molar-refractivity contribution in [2.45, 2.75) is 24.7 Å². The van der Waals surface area contributed by atoms with Crippen LogP contribution in [0.15, 0.2) is 34.5 Å². The van der Waals surface area contributed by atoms with E-state index in [1.807, 2.05) is 19.1 Å². The zero-order valence-electron chi connectivity index (χ0n) is 10.7. The van der Waals surface area contributed by atoms with Crippen molar-refractivity contribution < 1.29 is 13.5 Å². The lowest BCUT2D eigenvalue weighted by molar-refractivity contribution is 0.285. The Morgan fingerprint density at radius 2 is 1.89 bits per heavy atom. The molecule has 0 aliphatic rings. The molecule has 0 aliphatic carbocycles. The van der Waals surface area contributed by atoms with E-state index in [9.17, 15) is 8.42 Å². The van der Waals surface area contributed by atoms with Gasteiger partial charge in [-0.15, -0.1) is 11.3 Å². The first kappa shape index (κ1) is 14.0. The molecular formula is C13H15NO3S2. The number of thiophene rings is 1. The van der Waals surface area contributed by atoms with Crippen LogP contribution in [-0.4, -0.2) is 13.5 Å².